The van der Waals surface area contributed by atoms with E-state index >= 15 is 0 Å². The van der Waals surface area contributed by atoms with Crippen LogP contribution in [0.25, 0.3) is 0 Å². The molecule has 1 aliphatic heterocycles. The minimum Gasteiger partial charge on any atom is -0.507 e. The molecule has 0 unspecified atom stereocenters. The van der Waals surface area contributed by atoms with Crippen LogP contribution in [0, 0.1) is 10.8 Å². The topological polar surface area (TPSA) is 92.8 Å². The van der Waals surface area contributed by atoms with Gasteiger partial charge in [-0.1, -0.05) is 36.0 Å². The quantitative estimate of drug-likeness (QED) is 0.393. The van der Waals surface area contributed by atoms with Crippen molar-refractivity contribution < 1.29 is 9.84 Å². The smallest absolute Gasteiger partial charge is 0.129 e. The Hall–Kier alpha value is -3.58. The van der Waals surface area contributed by atoms with E-state index in [1.807, 2.05) is 54.6 Å². The Labute approximate surface area is 185 Å². The first-order valence-electron chi connectivity index (χ1n) is 9.70. The number of benzene rings is 3. The van der Waals surface area contributed by atoms with E-state index in [0.717, 1.165) is 32.3 Å². The zero-order chi connectivity index (χ0) is 22.0. The minimum atomic E-state index is 0.178. The molecule has 7 heteroatoms. The van der Waals surface area contributed by atoms with Crippen LogP contribution in [0.15, 0.2) is 81.5 Å². The lowest BCUT2D eigenvalue weighted by Gasteiger charge is -2.24. The molecule has 0 atom stereocenters. The normalized spacial score (nSPS) is 13.3. The minimum absolute atomic E-state index is 0.178. The first-order chi connectivity index (χ1) is 15.0. The third-order valence-corrected chi connectivity index (χ3v) is 5.99. The Morgan fingerprint density at radius 3 is 2.52 bits per heavy atom. The molecule has 3 N–H and O–H groups in total. The monoisotopic (exact) mass is 430 g/mol. The Balaban J connectivity index is 1.73. The van der Waals surface area contributed by atoms with Crippen molar-refractivity contribution in [2.45, 2.75) is 16.7 Å². The van der Waals surface area contributed by atoms with E-state index in [9.17, 15) is 5.11 Å². The van der Waals surface area contributed by atoms with Crippen molar-refractivity contribution >= 4 is 34.8 Å². The Morgan fingerprint density at radius 1 is 1.10 bits per heavy atom. The summed E-state index contributed by atoms with van der Waals surface area (Å²) in [5.74, 6) is 1.46. The summed E-state index contributed by atoms with van der Waals surface area (Å²) in [7, 11) is 1.61. The highest BCUT2D eigenvalue weighted by Gasteiger charge is 2.25. The van der Waals surface area contributed by atoms with Crippen LogP contribution in [0.2, 0.25) is 0 Å². The number of rotatable bonds is 4. The predicted molar refractivity (Wildman–Crippen MR) is 126 cm³/mol. The average molecular weight is 431 g/mol. The van der Waals surface area contributed by atoms with Gasteiger partial charge in [0, 0.05) is 16.0 Å². The number of methoxy groups -OCH3 is 1. The third-order valence-electron chi connectivity index (χ3n) is 4.91. The van der Waals surface area contributed by atoms with Crippen molar-refractivity contribution in [2.75, 3.05) is 18.6 Å². The van der Waals surface area contributed by atoms with Crippen molar-refractivity contribution in [1.82, 2.24) is 0 Å². The number of ether oxygens (including phenoxy) is 1. The van der Waals surface area contributed by atoms with Gasteiger partial charge in [0.15, 0.2) is 0 Å². The van der Waals surface area contributed by atoms with Gasteiger partial charge >= 0.3 is 0 Å². The van der Waals surface area contributed by atoms with Crippen LogP contribution in [-0.2, 0) is 0 Å². The van der Waals surface area contributed by atoms with Crippen LogP contribution in [0.1, 0.15) is 18.1 Å². The molecule has 4 rings (SSSR count). The van der Waals surface area contributed by atoms with E-state index in [2.05, 4.69) is 0 Å². The molecule has 0 aliphatic carbocycles. The van der Waals surface area contributed by atoms with Crippen LogP contribution in [-0.4, -0.2) is 36.1 Å². The van der Waals surface area contributed by atoms with E-state index in [1.165, 1.54) is 11.8 Å². The number of benzodiazepines with no additional fused rings is 1. The number of nitrogens with one attached hydrogen (secondary N) is 2. The van der Waals surface area contributed by atoms with Crippen molar-refractivity contribution in [1.29, 1.82) is 10.8 Å². The van der Waals surface area contributed by atoms with Crippen molar-refractivity contribution in [3.05, 3.63) is 77.9 Å². The van der Waals surface area contributed by atoms with Gasteiger partial charge in [-0.25, -0.2) is 0 Å². The number of hydrogen-bond acceptors (Lipinski definition) is 6. The fraction of sp³-hybridized carbons (Fsp3) is 0.125. The van der Waals surface area contributed by atoms with E-state index < -0.39 is 0 Å². The van der Waals surface area contributed by atoms with Gasteiger partial charge in [0.2, 0.25) is 0 Å². The first-order valence-corrected chi connectivity index (χ1v) is 10.5. The number of fused-ring (bicyclic) bond motifs is 1. The average Bonchev–Trinajstić information content (AvgIpc) is 2.91. The lowest BCUT2D eigenvalue weighted by Crippen LogP contribution is -2.35. The maximum atomic E-state index is 10.0. The number of phenols is 1. The molecule has 0 saturated carbocycles. The van der Waals surface area contributed by atoms with Crippen molar-refractivity contribution in [3.63, 3.8) is 0 Å². The van der Waals surface area contributed by atoms with Crippen molar-refractivity contribution in [2.24, 2.45) is 4.99 Å². The first kappa shape index (κ1) is 20.7. The van der Waals surface area contributed by atoms with Gasteiger partial charge in [-0.2, -0.15) is 0 Å². The van der Waals surface area contributed by atoms with Gasteiger partial charge in [0.25, 0.3) is 0 Å². The predicted octanol–water partition coefficient (Wildman–Crippen LogP) is 5.18. The summed E-state index contributed by atoms with van der Waals surface area (Å²) in [5.41, 5.74) is 3.21. The number of amidine groups is 2. The molecule has 1 heterocycles. The largest absolute Gasteiger partial charge is 0.507 e. The molecular weight excluding hydrogens is 408 g/mol. The number of phenolic OH excluding ortho intramolecular Hbond substituents is 1. The SMILES string of the molecule is COc1ccc2c(c1)C(c1ccc(Sc3ccccc3O)cc1)=NCC(=N)N2C(C)=N. The van der Waals surface area contributed by atoms with E-state index in [-0.39, 0.29) is 24.0 Å². The maximum Gasteiger partial charge on any atom is 0.129 e. The summed E-state index contributed by atoms with van der Waals surface area (Å²) in [6, 6.07) is 20.8. The highest BCUT2D eigenvalue weighted by Crippen LogP contribution is 2.35. The van der Waals surface area contributed by atoms with Crippen LogP contribution < -0.4 is 9.64 Å². The molecule has 156 valence electrons. The molecule has 3 aromatic carbocycles. The fourth-order valence-corrected chi connectivity index (χ4v) is 4.31. The lowest BCUT2D eigenvalue weighted by molar-refractivity contribution is 0.415. The van der Waals surface area contributed by atoms with Crippen LogP contribution in [0.3, 0.4) is 0 Å². The van der Waals surface area contributed by atoms with Gasteiger partial charge < -0.3 is 9.84 Å². The zero-order valence-corrected chi connectivity index (χ0v) is 18.0. The molecular formula is C24H22N4O2S. The molecule has 1 aliphatic rings. The molecule has 0 fully saturated rings. The number of anilines is 1. The Kier molecular flexibility index (Phi) is 5.77. The van der Waals surface area contributed by atoms with Gasteiger partial charge in [0.1, 0.15) is 23.2 Å². The molecule has 0 aromatic heterocycles. The number of aliphatic imine (C=N–C) groups is 1. The Bertz CT molecular complexity index is 1190. The summed E-state index contributed by atoms with van der Waals surface area (Å²) < 4.78 is 5.42. The van der Waals surface area contributed by atoms with Gasteiger partial charge in [0.05, 0.1) is 29.9 Å². The van der Waals surface area contributed by atoms with E-state index in [0.29, 0.717) is 5.75 Å². The zero-order valence-electron chi connectivity index (χ0n) is 17.2. The number of aromatic hydroxyl groups is 1. The van der Waals surface area contributed by atoms with E-state index in [1.54, 1.807) is 31.1 Å². The third kappa shape index (κ3) is 4.18. The second-order valence-corrected chi connectivity index (χ2v) is 8.12. The molecule has 6 nitrogen and oxygen atoms in total. The van der Waals surface area contributed by atoms with Crippen LogP contribution in [0.5, 0.6) is 11.5 Å². The molecule has 0 saturated heterocycles. The van der Waals surface area contributed by atoms with Crippen molar-refractivity contribution in [3.8, 4) is 11.5 Å². The molecule has 0 spiro atoms. The van der Waals surface area contributed by atoms with E-state index in [4.69, 9.17) is 20.5 Å². The fourth-order valence-electron chi connectivity index (χ4n) is 3.46. The number of nitrogens with zero attached hydrogens (tertiary/aromatic N) is 2. The van der Waals surface area contributed by atoms with Gasteiger partial charge in [-0.3, -0.25) is 20.7 Å². The molecule has 31 heavy (non-hydrogen) atoms. The summed E-state index contributed by atoms with van der Waals surface area (Å²) in [6.45, 7) is 1.84. The summed E-state index contributed by atoms with van der Waals surface area (Å²) >= 11 is 1.49. The molecule has 3 aromatic rings. The lowest BCUT2D eigenvalue weighted by atomic mass is 9.99. The summed E-state index contributed by atoms with van der Waals surface area (Å²) in [5, 5.41) is 26.6. The second kappa shape index (κ2) is 8.65. The number of hydrogen-bond donors (Lipinski definition) is 3. The molecule has 0 amide bonds. The highest BCUT2D eigenvalue weighted by molar-refractivity contribution is 7.99. The second-order valence-electron chi connectivity index (χ2n) is 7.01. The van der Waals surface area contributed by atoms with Gasteiger partial charge in [-0.15, -0.1) is 0 Å². The molecule has 0 radical (unpaired) electrons. The van der Waals surface area contributed by atoms with Crippen LogP contribution in [0.4, 0.5) is 5.69 Å². The Morgan fingerprint density at radius 2 is 1.84 bits per heavy atom. The molecule has 0 bridgehead atoms. The number of para-hydroxylation sites is 1. The summed E-state index contributed by atoms with van der Waals surface area (Å²) in [6.07, 6.45) is 0. The van der Waals surface area contributed by atoms with Gasteiger partial charge in [-0.05, 0) is 49.4 Å². The maximum absolute atomic E-state index is 10.0. The van der Waals surface area contributed by atoms with Crippen LogP contribution >= 0.6 is 11.8 Å². The highest BCUT2D eigenvalue weighted by atomic mass is 32.2. The standard InChI is InChI=1S/C24H22N4O2S/c1-15(25)28-20-12-9-17(30-2)13-19(20)24(27-14-23(28)26)16-7-10-18(11-8-16)31-22-6-4-3-5-21(22)29/h3-13,25-26,29H,14H2,1-2H3. The summed E-state index contributed by atoms with van der Waals surface area (Å²) in [4.78, 5) is 8.10.